The van der Waals surface area contributed by atoms with Crippen LogP contribution in [0.15, 0.2) is 83.5 Å². The number of hydrogen-bond acceptors (Lipinski definition) is 4. The summed E-state index contributed by atoms with van der Waals surface area (Å²) in [6.07, 6.45) is 3.43. The first-order valence-corrected chi connectivity index (χ1v) is 12.7. The van der Waals surface area contributed by atoms with Crippen molar-refractivity contribution in [3.8, 4) is 22.5 Å². The first-order valence-electron chi connectivity index (χ1n) is 16.2. The average molecular weight is 711 g/mol. The molecule has 0 aliphatic heterocycles. The summed E-state index contributed by atoms with van der Waals surface area (Å²) < 4.78 is 59.8. The largest absolute Gasteiger partial charge is 0.486 e. The van der Waals surface area contributed by atoms with Gasteiger partial charge < -0.3 is 14.4 Å². The van der Waals surface area contributed by atoms with Crippen molar-refractivity contribution in [3.05, 3.63) is 114 Å². The Morgan fingerprint density at radius 2 is 1.80 bits per heavy atom. The number of furan rings is 1. The van der Waals surface area contributed by atoms with Crippen molar-refractivity contribution in [2.45, 2.75) is 53.2 Å². The Hall–Kier alpha value is -3.66. The van der Waals surface area contributed by atoms with Gasteiger partial charge in [-0.15, -0.1) is 54.1 Å². The van der Waals surface area contributed by atoms with E-state index in [2.05, 4.69) is 53.9 Å². The monoisotopic (exact) mass is 711 g/mol. The molecule has 1 unspecified atom stereocenters. The van der Waals surface area contributed by atoms with Crippen LogP contribution in [0.2, 0.25) is 0 Å². The van der Waals surface area contributed by atoms with Gasteiger partial charge in [0, 0.05) is 53.2 Å². The van der Waals surface area contributed by atoms with Gasteiger partial charge in [0.15, 0.2) is 0 Å². The molecule has 6 rings (SSSR count). The number of rotatable bonds is 4. The van der Waals surface area contributed by atoms with Gasteiger partial charge in [0.1, 0.15) is 0 Å². The Bertz CT molecular complexity index is 2000. The first-order chi connectivity index (χ1) is 21.6. The summed E-state index contributed by atoms with van der Waals surface area (Å²) in [6, 6.07) is 25.9. The summed E-state index contributed by atoms with van der Waals surface area (Å²) in [7, 11) is 0. The van der Waals surface area contributed by atoms with Crippen molar-refractivity contribution in [3.63, 3.8) is 0 Å². The van der Waals surface area contributed by atoms with Gasteiger partial charge in [-0.1, -0.05) is 61.8 Å². The van der Waals surface area contributed by atoms with Crippen molar-refractivity contribution >= 4 is 22.1 Å². The van der Waals surface area contributed by atoms with Gasteiger partial charge in [-0.3, -0.25) is 0 Å². The molecule has 4 heterocycles. The van der Waals surface area contributed by atoms with Gasteiger partial charge in [-0.2, -0.15) is 0 Å². The summed E-state index contributed by atoms with van der Waals surface area (Å²) >= 11 is 0. The van der Waals surface area contributed by atoms with Crippen LogP contribution < -0.4 is 0 Å². The summed E-state index contributed by atoms with van der Waals surface area (Å²) in [5, 5.41) is 1.36. The SMILES string of the molecule is Cc1cc(-c2[c-]cccc2)ncc1C(C)C.[2H]C([2H])([2H])c1ccc2c(n1)oc1c(-c3cc(C([2H])(C)C([2H])([2H])[2H])ccn3)[c-]ccc12.[Ir]. The van der Waals surface area contributed by atoms with E-state index in [1.54, 1.807) is 24.3 Å². The third-order valence-corrected chi connectivity index (χ3v) is 6.51. The van der Waals surface area contributed by atoms with Crippen LogP contribution in [-0.2, 0) is 20.1 Å². The molecule has 0 saturated heterocycles. The Morgan fingerprint density at radius 1 is 0.925 bits per heavy atom. The van der Waals surface area contributed by atoms with E-state index >= 15 is 0 Å². The summed E-state index contributed by atoms with van der Waals surface area (Å²) in [5.74, 6) is -1.29. The second-order valence-corrected chi connectivity index (χ2v) is 9.66. The van der Waals surface area contributed by atoms with Gasteiger partial charge in [0.05, 0.1) is 5.58 Å². The predicted molar refractivity (Wildman–Crippen MR) is 160 cm³/mol. The fraction of sp³-hybridized carbons (Fsp3) is 0.229. The molecular weight excluding hydrogens is 671 g/mol. The number of hydrogen-bond donors (Lipinski definition) is 0. The fourth-order valence-electron chi connectivity index (χ4n) is 4.48. The summed E-state index contributed by atoms with van der Waals surface area (Å²) in [4.78, 5) is 13.0. The van der Waals surface area contributed by atoms with Crippen LogP contribution in [0.25, 0.3) is 44.6 Å². The van der Waals surface area contributed by atoms with E-state index in [0.717, 1.165) is 11.3 Å². The molecule has 2 aromatic carbocycles. The van der Waals surface area contributed by atoms with Crippen LogP contribution in [0.5, 0.6) is 0 Å². The second kappa shape index (κ2) is 12.7. The van der Waals surface area contributed by atoms with E-state index in [0.29, 0.717) is 33.5 Å². The van der Waals surface area contributed by atoms with Crippen LogP contribution in [0, 0.1) is 25.9 Å². The maximum absolute atomic E-state index is 8.32. The second-order valence-electron chi connectivity index (χ2n) is 9.66. The van der Waals surface area contributed by atoms with Crippen molar-refractivity contribution in [1.29, 1.82) is 0 Å². The molecule has 0 spiro atoms. The van der Waals surface area contributed by atoms with Gasteiger partial charge in [0.2, 0.25) is 5.71 Å². The molecule has 5 heteroatoms. The van der Waals surface area contributed by atoms with Crippen molar-refractivity contribution in [1.82, 2.24) is 15.0 Å². The topological polar surface area (TPSA) is 51.8 Å². The normalized spacial score (nSPS) is 15.7. The number of aromatic nitrogens is 3. The van der Waals surface area contributed by atoms with Gasteiger partial charge in [0.25, 0.3) is 0 Å². The van der Waals surface area contributed by atoms with E-state index in [1.165, 1.54) is 36.4 Å². The number of benzene rings is 2. The van der Waals surface area contributed by atoms with Gasteiger partial charge in [-0.25, -0.2) is 4.98 Å². The molecule has 0 aliphatic carbocycles. The molecule has 40 heavy (non-hydrogen) atoms. The van der Waals surface area contributed by atoms with Crippen molar-refractivity contribution in [2.24, 2.45) is 0 Å². The quantitative estimate of drug-likeness (QED) is 0.171. The van der Waals surface area contributed by atoms with Crippen LogP contribution in [-0.4, -0.2) is 15.0 Å². The van der Waals surface area contributed by atoms with Crippen LogP contribution in [0.3, 0.4) is 0 Å². The number of pyridine rings is 3. The summed E-state index contributed by atoms with van der Waals surface area (Å²) in [5.41, 5.74) is 6.37. The van der Waals surface area contributed by atoms with Crippen LogP contribution >= 0.6 is 0 Å². The molecule has 4 nitrogen and oxygen atoms in total. The molecule has 0 aliphatic rings. The van der Waals surface area contributed by atoms with E-state index in [4.69, 9.17) is 14.0 Å². The molecular formula is C35H33IrN3O-2. The average Bonchev–Trinajstić information content (AvgIpc) is 3.39. The molecule has 0 fully saturated rings. The molecule has 0 saturated carbocycles. The zero-order valence-corrected chi connectivity index (χ0v) is 25.1. The molecule has 0 bridgehead atoms. The number of aryl methyl sites for hydroxylation is 2. The molecule has 4 aromatic heterocycles. The molecule has 0 N–H and O–H groups in total. The van der Waals surface area contributed by atoms with Gasteiger partial charge >= 0.3 is 0 Å². The Morgan fingerprint density at radius 3 is 2.52 bits per heavy atom. The smallest absolute Gasteiger partial charge is 0.216 e. The zero-order valence-electron chi connectivity index (χ0n) is 29.7. The first kappa shape index (κ1) is 21.1. The zero-order chi connectivity index (χ0) is 33.4. The fourth-order valence-corrected chi connectivity index (χ4v) is 4.48. The Kier molecular flexibility index (Phi) is 6.70. The van der Waals surface area contributed by atoms with E-state index < -0.39 is 19.6 Å². The molecule has 0 amide bonds. The van der Waals surface area contributed by atoms with Crippen molar-refractivity contribution in [2.75, 3.05) is 0 Å². The van der Waals surface area contributed by atoms with E-state index in [9.17, 15) is 0 Å². The molecule has 6 aromatic rings. The minimum atomic E-state index is -2.52. The molecule has 1 atom stereocenters. The third kappa shape index (κ3) is 6.22. The Labute approximate surface area is 260 Å². The number of fused-ring (bicyclic) bond motifs is 3. The van der Waals surface area contributed by atoms with E-state index in [1.807, 2.05) is 30.5 Å². The molecule has 205 valence electrons. The minimum Gasteiger partial charge on any atom is -0.486 e. The standard InChI is InChI=1S/C20H17N2O.C15H16N.Ir/c1-12(2)14-9-10-21-18(11-14)17-6-4-5-15-16-8-7-13(3)22-20(16)23-19(15)17;1-11(2)14-10-16-15(9-12(14)3)13-7-5-4-6-8-13;/h4-5,7-12H,1-3H3;4-7,9-11H,1-3H3;/q2*-1;/i1D3,3D3,12D;;. The van der Waals surface area contributed by atoms with E-state index in [-0.39, 0.29) is 37.1 Å². The van der Waals surface area contributed by atoms with Crippen LogP contribution in [0.1, 0.15) is 71.4 Å². The Balaban J connectivity index is 0.000000249. The number of nitrogens with zero attached hydrogens (tertiary/aromatic N) is 3. The van der Waals surface area contributed by atoms with Crippen molar-refractivity contribution < 1.29 is 34.1 Å². The predicted octanol–water partition coefficient (Wildman–Crippen LogP) is 9.25. The summed E-state index contributed by atoms with van der Waals surface area (Å²) in [6.45, 7) is 2.99. The van der Waals surface area contributed by atoms with Gasteiger partial charge in [-0.05, 0) is 60.7 Å². The van der Waals surface area contributed by atoms with Crippen LogP contribution in [0.4, 0.5) is 0 Å². The third-order valence-electron chi connectivity index (χ3n) is 6.51. The molecule has 1 radical (unpaired) electrons. The maximum Gasteiger partial charge on any atom is 0.216 e. The maximum atomic E-state index is 8.32. The minimum absolute atomic E-state index is 0.